The summed E-state index contributed by atoms with van der Waals surface area (Å²) in [5.74, 6) is 0.145. The van der Waals surface area contributed by atoms with E-state index in [0.29, 0.717) is 19.1 Å². The van der Waals surface area contributed by atoms with Crippen molar-refractivity contribution in [2.45, 2.75) is 64.5 Å². The maximum atomic E-state index is 12.0. The van der Waals surface area contributed by atoms with Crippen LogP contribution in [0.1, 0.15) is 52.4 Å². The lowest BCUT2D eigenvalue weighted by molar-refractivity contribution is 0.0200. The van der Waals surface area contributed by atoms with Crippen molar-refractivity contribution in [3.63, 3.8) is 0 Å². The molecule has 1 saturated carbocycles. The normalized spacial score (nSPS) is 29.6. The molecule has 1 heterocycles. The van der Waals surface area contributed by atoms with Crippen LogP contribution in [0.4, 0.5) is 0 Å². The van der Waals surface area contributed by atoms with Crippen LogP contribution in [0, 0.1) is 5.41 Å². The van der Waals surface area contributed by atoms with Gasteiger partial charge in [0.2, 0.25) is 10.0 Å². The number of sulfonamides is 1. The Morgan fingerprint density at radius 3 is 2.62 bits per heavy atom. The van der Waals surface area contributed by atoms with Crippen LogP contribution < -0.4 is 10.0 Å². The number of hydrogen-bond acceptors (Lipinski definition) is 4. The monoisotopic (exact) mass is 318 g/mol. The fraction of sp³-hybridized carbons (Fsp3) is 1.00. The van der Waals surface area contributed by atoms with E-state index in [4.69, 9.17) is 4.74 Å². The molecule has 0 amide bonds. The van der Waals surface area contributed by atoms with E-state index in [9.17, 15) is 8.42 Å². The zero-order valence-corrected chi connectivity index (χ0v) is 14.2. The molecule has 2 aliphatic rings. The van der Waals surface area contributed by atoms with E-state index in [-0.39, 0.29) is 17.3 Å². The van der Waals surface area contributed by atoms with Crippen molar-refractivity contribution in [3.05, 3.63) is 0 Å². The number of nitrogens with one attached hydrogen (secondary N) is 2. The summed E-state index contributed by atoms with van der Waals surface area (Å²) in [5, 5.41) is 3.42. The zero-order valence-electron chi connectivity index (χ0n) is 13.4. The van der Waals surface area contributed by atoms with Crippen molar-refractivity contribution in [1.82, 2.24) is 10.0 Å². The zero-order chi connectivity index (χ0) is 15.3. The summed E-state index contributed by atoms with van der Waals surface area (Å²) in [7, 11) is -3.20. The molecule has 21 heavy (non-hydrogen) atoms. The summed E-state index contributed by atoms with van der Waals surface area (Å²) in [5.41, 5.74) is 0.285. The van der Waals surface area contributed by atoms with E-state index in [2.05, 4.69) is 23.9 Å². The van der Waals surface area contributed by atoms with Gasteiger partial charge in [0.15, 0.2) is 0 Å². The second-order valence-electron chi connectivity index (χ2n) is 7.04. The molecule has 1 aliphatic carbocycles. The van der Waals surface area contributed by atoms with E-state index in [0.717, 1.165) is 32.3 Å². The van der Waals surface area contributed by atoms with Gasteiger partial charge in [-0.2, -0.15) is 0 Å². The summed E-state index contributed by atoms with van der Waals surface area (Å²) < 4.78 is 32.2. The number of ether oxygens (including phenoxy) is 1. The molecule has 1 aliphatic heterocycles. The molecular weight excluding hydrogens is 288 g/mol. The average Bonchev–Trinajstić information content (AvgIpc) is 2.77. The summed E-state index contributed by atoms with van der Waals surface area (Å²) in [6.07, 6.45) is 6.82. The fourth-order valence-corrected chi connectivity index (χ4v) is 4.30. The first kappa shape index (κ1) is 17.2. The summed E-state index contributed by atoms with van der Waals surface area (Å²) in [6.45, 7) is 6.20. The van der Waals surface area contributed by atoms with Crippen LogP contribution in [0.15, 0.2) is 0 Å². The molecule has 0 aromatic rings. The molecule has 2 unspecified atom stereocenters. The van der Waals surface area contributed by atoms with Crippen LogP contribution in [0.25, 0.3) is 0 Å². The summed E-state index contributed by atoms with van der Waals surface area (Å²) in [6, 6.07) is 0.439. The topological polar surface area (TPSA) is 67.4 Å². The Kier molecular flexibility index (Phi) is 6.05. The molecule has 1 saturated heterocycles. The van der Waals surface area contributed by atoms with Gasteiger partial charge >= 0.3 is 0 Å². The molecule has 0 spiro atoms. The molecule has 2 fully saturated rings. The predicted octanol–water partition coefficient (Wildman–Crippen LogP) is 1.64. The van der Waals surface area contributed by atoms with Gasteiger partial charge in [0.25, 0.3) is 0 Å². The first-order valence-corrected chi connectivity index (χ1v) is 9.87. The molecule has 5 nitrogen and oxygen atoms in total. The third-order valence-corrected chi connectivity index (χ3v) is 6.17. The Morgan fingerprint density at radius 2 is 2.00 bits per heavy atom. The van der Waals surface area contributed by atoms with Gasteiger partial charge in [-0.3, -0.25) is 0 Å². The Labute approximate surface area is 129 Å². The highest BCUT2D eigenvalue weighted by Gasteiger charge is 2.33. The van der Waals surface area contributed by atoms with E-state index >= 15 is 0 Å². The molecule has 0 aromatic carbocycles. The lowest BCUT2D eigenvalue weighted by Crippen LogP contribution is -2.42. The standard InChI is InChI=1S/C15H30N2O3S/c1-15(2)8-5-7-14(15)16-9-11-21(18,19)17-12-13-6-3-4-10-20-13/h13-14,16-17H,3-12H2,1-2H3. The highest BCUT2D eigenvalue weighted by molar-refractivity contribution is 7.89. The SMILES string of the molecule is CC1(C)CCCC1NCCS(=O)(=O)NCC1CCCCO1. The maximum absolute atomic E-state index is 12.0. The van der Waals surface area contributed by atoms with Gasteiger partial charge in [-0.25, -0.2) is 13.1 Å². The van der Waals surface area contributed by atoms with Gasteiger partial charge in [0, 0.05) is 25.7 Å². The van der Waals surface area contributed by atoms with Crippen molar-refractivity contribution in [1.29, 1.82) is 0 Å². The van der Waals surface area contributed by atoms with Crippen LogP contribution in [0.3, 0.4) is 0 Å². The summed E-state index contributed by atoms with van der Waals surface area (Å²) in [4.78, 5) is 0. The van der Waals surface area contributed by atoms with Crippen LogP contribution in [-0.4, -0.2) is 46.0 Å². The second-order valence-corrected chi connectivity index (χ2v) is 8.97. The molecule has 2 N–H and O–H groups in total. The Bertz CT molecular complexity index is 417. The minimum Gasteiger partial charge on any atom is -0.377 e. The molecule has 124 valence electrons. The maximum Gasteiger partial charge on any atom is 0.212 e. The lowest BCUT2D eigenvalue weighted by atomic mass is 9.87. The van der Waals surface area contributed by atoms with Gasteiger partial charge in [0.05, 0.1) is 11.9 Å². The second kappa shape index (κ2) is 7.40. The van der Waals surface area contributed by atoms with Crippen LogP contribution in [0.2, 0.25) is 0 Å². The van der Waals surface area contributed by atoms with Crippen molar-refractivity contribution in [2.75, 3.05) is 25.4 Å². The molecule has 0 radical (unpaired) electrons. The third kappa shape index (κ3) is 5.51. The molecule has 0 aromatic heterocycles. The third-order valence-electron chi connectivity index (χ3n) is 4.82. The minimum absolute atomic E-state index is 0.0512. The Hall–Kier alpha value is -0.170. The molecule has 6 heteroatoms. The lowest BCUT2D eigenvalue weighted by Gasteiger charge is -2.28. The fourth-order valence-electron chi connectivity index (χ4n) is 3.33. The number of hydrogen-bond donors (Lipinski definition) is 2. The van der Waals surface area contributed by atoms with Crippen LogP contribution >= 0.6 is 0 Å². The summed E-state index contributed by atoms with van der Waals surface area (Å²) >= 11 is 0. The average molecular weight is 318 g/mol. The van der Waals surface area contributed by atoms with Crippen molar-refractivity contribution >= 4 is 10.0 Å². The highest BCUT2D eigenvalue weighted by atomic mass is 32.2. The van der Waals surface area contributed by atoms with E-state index in [1.54, 1.807) is 0 Å². The van der Waals surface area contributed by atoms with Crippen molar-refractivity contribution < 1.29 is 13.2 Å². The largest absolute Gasteiger partial charge is 0.377 e. The number of rotatable bonds is 7. The molecular formula is C15H30N2O3S. The highest BCUT2D eigenvalue weighted by Crippen LogP contribution is 2.36. The van der Waals surface area contributed by atoms with E-state index in [1.807, 2.05) is 0 Å². The molecule has 2 atom stereocenters. The van der Waals surface area contributed by atoms with Crippen molar-refractivity contribution in [2.24, 2.45) is 5.41 Å². The molecule has 2 rings (SSSR count). The van der Waals surface area contributed by atoms with Gasteiger partial charge < -0.3 is 10.1 Å². The van der Waals surface area contributed by atoms with Gasteiger partial charge in [0.1, 0.15) is 0 Å². The predicted molar refractivity (Wildman–Crippen MR) is 84.8 cm³/mol. The van der Waals surface area contributed by atoms with E-state index in [1.165, 1.54) is 12.8 Å². The van der Waals surface area contributed by atoms with Gasteiger partial charge in [-0.05, 0) is 37.5 Å². The van der Waals surface area contributed by atoms with E-state index < -0.39 is 10.0 Å². The van der Waals surface area contributed by atoms with Gasteiger partial charge in [-0.15, -0.1) is 0 Å². The first-order chi connectivity index (χ1) is 9.89. The Balaban J connectivity index is 1.66. The van der Waals surface area contributed by atoms with Crippen LogP contribution in [0.5, 0.6) is 0 Å². The quantitative estimate of drug-likeness (QED) is 0.749. The smallest absolute Gasteiger partial charge is 0.212 e. The Morgan fingerprint density at radius 1 is 1.19 bits per heavy atom. The van der Waals surface area contributed by atoms with Crippen LogP contribution in [-0.2, 0) is 14.8 Å². The molecule has 0 bridgehead atoms. The first-order valence-electron chi connectivity index (χ1n) is 8.21. The van der Waals surface area contributed by atoms with Gasteiger partial charge in [-0.1, -0.05) is 20.3 Å². The van der Waals surface area contributed by atoms with Crippen molar-refractivity contribution in [3.8, 4) is 0 Å². The minimum atomic E-state index is -3.20.